The van der Waals surface area contributed by atoms with E-state index in [0.717, 1.165) is 23.1 Å². The predicted molar refractivity (Wildman–Crippen MR) is 150 cm³/mol. The second kappa shape index (κ2) is 13.0. The summed E-state index contributed by atoms with van der Waals surface area (Å²) in [6.45, 7) is 8.03. The summed E-state index contributed by atoms with van der Waals surface area (Å²) in [5, 5.41) is 8.01. The first-order valence-electron chi connectivity index (χ1n) is 13.1. The maximum Gasteiger partial charge on any atom is 0.243 e. The molecule has 4 N–H and O–H groups in total. The minimum atomic E-state index is -0.805. The molecule has 3 aromatic carbocycles. The number of rotatable bonds is 12. The summed E-state index contributed by atoms with van der Waals surface area (Å²) in [6.07, 6.45) is 1.82. The van der Waals surface area contributed by atoms with Gasteiger partial charge in [0.15, 0.2) is 0 Å². The lowest BCUT2D eigenvalue weighted by Crippen LogP contribution is -2.54. The Labute approximate surface area is 220 Å². The predicted octanol–water partition coefficient (Wildman–Crippen LogP) is 4.99. The Balaban J connectivity index is 1.77. The highest BCUT2D eigenvalue weighted by Gasteiger charge is 2.26. The molecule has 0 bridgehead atoms. The zero-order chi connectivity index (χ0) is 26.9. The number of nitrogens with one attached hydrogen (secondary N) is 2. The Morgan fingerprint density at radius 1 is 0.757 bits per heavy atom. The van der Waals surface area contributed by atoms with E-state index in [-0.39, 0.29) is 11.8 Å². The second-order valence-electron chi connectivity index (χ2n) is 10.6. The summed E-state index contributed by atoms with van der Waals surface area (Å²) in [5.74, 6) is -0.598. The number of hydrogen-bond donors (Lipinski definition) is 3. The Bertz CT molecular complexity index is 1220. The van der Waals surface area contributed by atoms with Crippen LogP contribution in [-0.4, -0.2) is 29.8 Å². The van der Waals surface area contributed by atoms with E-state index < -0.39 is 23.9 Å². The number of carbonyl (C=O) groups excluding carboxylic acids is 3. The fourth-order valence-electron chi connectivity index (χ4n) is 4.32. The van der Waals surface area contributed by atoms with E-state index in [1.165, 1.54) is 10.8 Å². The average Bonchev–Trinajstić information content (AvgIpc) is 2.86. The van der Waals surface area contributed by atoms with Crippen LogP contribution in [0.3, 0.4) is 0 Å². The van der Waals surface area contributed by atoms with Crippen LogP contribution in [0.5, 0.6) is 0 Å². The molecule has 0 spiro atoms. The van der Waals surface area contributed by atoms with Gasteiger partial charge in [-0.15, -0.1) is 0 Å². The van der Waals surface area contributed by atoms with Crippen LogP contribution in [-0.2, 0) is 20.8 Å². The zero-order valence-corrected chi connectivity index (χ0v) is 22.3. The van der Waals surface area contributed by atoms with Crippen LogP contribution >= 0.6 is 0 Å². The molecular weight excluding hydrogens is 462 g/mol. The molecular formula is C31H39N3O3. The van der Waals surface area contributed by atoms with E-state index in [4.69, 9.17) is 5.73 Å². The van der Waals surface area contributed by atoms with Crippen LogP contribution in [0.25, 0.3) is 21.9 Å². The van der Waals surface area contributed by atoms with Crippen molar-refractivity contribution in [1.29, 1.82) is 0 Å². The average molecular weight is 502 g/mol. The number of carbonyl (C=O) groups is 3. The first-order chi connectivity index (χ1) is 17.6. The van der Waals surface area contributed by atoms with E-state index in [1.54, 1.807) is 0 Å². The fraction of sp³-hybridized carbons (Fsp3) is 0.387. The third kappa shape index (κ3) is 8.45. The van der Waals surface area contributed by atoms with Gasteiger partial charge < -0.3 is 16.4 Å². The molecule has 0 radical (unpaired) electrons. The Morgan fingerprint density at radius 3 is 2.03 bits per heavy atom. The summed E-state index contributed by atoms with van der Waals surface area (Å²) < 4.78 is 0. The van der Waals surface area contributed by atoms with Gasteiger partial charge in [-0.25, -0.2) is 0 Å². The Hall–Kier alpha value is -3.67. The smallest absolute Gasteiger partial charge is 0.243 e. The van der Waals surface area contributed by atoms with E-state index >= 15 is 0 Å². The highest BCUT2D eigenvalue weighted by molar-refractivity contribution is 5.92. The lowest BCUT2D eigenvalue weighted by molar-refractivity contribution is -0.131. The first-order valence-corrected chi connectivity index (χ1v) is 13.1. The summed E-state index contributed by atoms with van der Waals surface area (Å²) in [6, 6.07) is 21.0. The molecule has 6 heteroatoms. The molecule has 1 unspecified atom stereocenters. The van der Waals surface area contributed by atoms with E-state index in [1.807, 2.05) is 50.2 Å². The zero-order valence-electron chi connectivity index (χ0n) is 22.3. The summed E-state index contributed by atoms with van der Waals surface area (Å²) in [4.78, 5) is 37.7. The van der Waals surface area contributed by atoms with Crippen molar-refractivity contribution in [3.63, 3.8) is 0 Å². The summed E-state index contributed by atoms with van der Waals surface area (Å²) in [7, 11) is 0. The quantitative estimate of drug-likeness (QED) is 0.326. The highest BCUT2D eigenvalue weighted by atomic mass is 16.2. The molecule has 0 fully saturated rings. The number of fused-ring (bicyclic) bond motifs is 1. The van der Waals surface area contributed by atoms with Crippen LogP contribution < -0.4 is 16.4 Å². The molecule has 3 rings (SSSR count). The molecule has 0 heterocycles. The summed E-state index contributed by atoms with van der Waals surface area (Å²) in [5.41, 5.74) is 8.63. The van der Waals surface area contributed by atoms with Crippen LogP contribution in [0.2, 0.25) is 0 Å². The molecule has 0 saturated carbocycles. The molecule has 0 aliphatic carbocycles. The number of benzene rings is 3. The molecule has 37 heavy (non-hydrogen) atoms. The number of primary amides is 1. The van der Waals surface area contributed by atoms with Crippen molar-refractivity contribution in [1.82, 2.24) is 10.6 Å². The minimum absolute atomic E-state index is 0.180. The largest absolute Gasteiger partial charge is 0.368 e. The van der Waals surface area contributed by atoms with E-state index in [2.05, 4.69) is 54.8 Å². The van der Waals surface area contributed by atoms with Gasteiger partial charge in [0, 0.05) is 12.8 Å². The van der Waals surface area contributed by atoms with Gasteiger partial charge in [-0.3, -0.25) is 14.4 Å². The standard InChI is InChI=1S/C31H39N3O3/c1-20(2)9-16-29(35)33-28(31(37)34-27(30(32)36)17-21(3)4)18-22-10-12-24(13-11-22)26-15-14-23-7-5-6-8-25(23)19-26/h5-8,10-15,19-21,27-28H,9,16-18H2,1-4H3,(H2,32,36)(H,33,35)(H,34,37)/t27-,28?/m0/s1. The van der Waals surface area contributed by atoms with Crippen LogP contribution in [0.4, 0.5) is 0 Å². The van der Waals surface area contributed by atoms with Crippen molar-refractivity contribution < 1.29 is 14.4 Å². The Kier molecular flexibility index (Phi) is 9.84. The van der Waals surface area contributed by atoms with Crippen LogP contribution in [0, 0.1) is 11.8 Å². The maximum atomic E-state index is 13.2. The monoisotopic (exact) mass is 501 g/mol. The normalized spacial score (nSPS) is 12.9. The highest BCUT2D eigenvalue weighted by Crippen LogP contribution is 2.25. The number of amides is 3. The van der Waals surface area contributed by atoms with Crippen molar-refractivity contribution >= 4 is 28.5 Å². The van der Waals surface area contributed by atoms with Crippen molar-refractivity contribution in [2.24, 2.45) is 17.6 Å². The summed E-state index contributed by atoms with van der Waals surface area (Å²) >= 11 is 0. The van der Waals surface area contributed by atoms with Crippen molar-refractivity contribution in [3.05, 3.63) is 72.3 Å². The van der Waals surface area contributed by atoms with Gasteiger partial charge in [-0.1, -0.05) is 88.4 Å². The van der Waals surface area contributed by atoms with E-state index in [9.17, 15) is 14.4 Å². The van der Waals surface area contributed by atoms with Crippen molar-refractivity contribution in [2.75, 3.05) is 0 Å². The van der Waals surface area contributed by atoms with Gasteiger partial charge in [0.05, 0.1) is 0 Å². The van der Waals surface area contributed by atoms with Gasteiger partial charge in [0.2, 0.25) is 17.7 Å². The van der Waals surface area contributed by atoms with E-state index in [0.29, 0.717) is 25.2 Å². The van der Waals surface area contributed by atoms with Gasteiger partial charge in [0.25, 0.3) is 0 Å². The van der Waals surface area contributed by atoms with Gasteiger partial charge in [0.1, 0.15) is 12.1 Å². The molecule has 0 aliphatic heterocycles. The van der Waals surface area contributed by atoms with Crippen LogP contribution in [0.15, 0.2) is 66.7 Å². The maximum absolute atomic E-state index is 13.2. The fourth-order valence-corrected chi connectivity index (χ4v) is 4.32. The minimum Gasteiger partial charge on any atom is -0.368 e. The van der Waals surface area contributed by atoms with Gasteiger partial charge in [-0.05, 0) is 58.2 Å². The van der Waals surface area contributed by atoms with Crippen molar-refractivity contribution in [3.8, 4) is 11.1 Å². The topological polar surface area (TPSA) is 101 Å². The third-order valence-corrected chi connectivity index (χ3v) is 6.44. The first kappa shape index (κ1) is 27.9. The second-order valence-corrected chi connectivity index (χ2v) is 10.6. The number of nitrogens with two attached hydrogens (primary N) is 1. The number of hydrogen-bond acceptors (Lipinski definition) is 3. The van der Waals surface area contributed by atoms with Gasteiger partial charge in [-0.2, -0.15) is 0 Å². The van der Waals surface area contributed by atoms with Crippen molar-refractivity contribution in [2.45, 2.75) is 65.5 Å². The van der Waals surface area contributed by atoms with Crippen LogP contribution in [0.1, 0.15) is 52.5 Å². The molecule has 3 amide bonds. The third-order valence-electron chi connectivity index (χ3n) is 6.44. The molecule has 0 aliphatic rings. The SMILES string of the molecule is CC(C)CCC(=O)NC(Cc1ccc(-c2ccc3ccccc3c2)cc1)C(=O)N[C@@H](CC(C)C)C(N)=O. The molecule has 2 atom stereocenters. The molecule has 0 saturated heterocycles. The van der Waals surface area contributed by atoms with Gasteiger partial charge >= 0.3 is 0 Å². The lowest BCUT2D eigenvalue weighted by atomic mass is 9.97. The lowest BCUT2D eigenvalue weighted by Gasteiger charge is -2.23. The molecule has 0 aromatic heterocycles. The molecule has 3 aromatic rings. The molecule has 196 valence electrons. The molecule has 6 nitrogen and oxygen atoms in total. The Morgan fingerprint density at radius 2 is 1.41 bits per heavy atom.